The smallest absolute Gasteiger partial charge is 0.125 e. The molecular formula is C16H25NO. The lowest BCUT2D eigenvalue weighted by Gasteiger charge is -2.28. The van der Waals surface area contributed by atoms with E-state index in [0.29, 0.717) is 5.92 Å². The molecule has 0 amide bonds. The Balaban J connectivity index is 2.66. The van der Waals surface area contributed by atoms with Crippen LogP contribution in [0.2, 0.25) is 0 Å². The largest absolute Gasteiger partial charge is 0.496 e. The molecule has 1 saturated carbocycles. The Morgan fingerprint density at radius 2 is 1.83 bits per heavy atom. The number of nitrogens with two attached hydrogens (primary N) is 1. The van der Waals surface area contributed by atoms with Crippen LogP contribution in [0.15, 0.2) is 12.1 Å². The third-order valence-electron chi connectivity index (χ3n) is 4.37. The maximum Gasteiger partial charge on any atom is 0.125 e. The minimum atomic E-state index is 0.150. The molecule has 1 aliphatic rings. The molecule has 1 unspecified atom stereocenters. The second-order valence-corrected chi connectivity index (χ2v) is 5.98. The Labute approximate surface area is 111 Å². The van der Waals surface area contributed by atoms with Gasteiger partial charge in [0.15, 0.2) is 0 Å². The van der Waals surface area contributed by atoms with E-state index in [1.165, 1.54) is 29.5 Å². The normalized spacial score (nSPS) is 18.8. The molecule has 1 aromatic carbocycles. The molecule has 100 valence electrons. The van der Waals surface area contributed by atoms with Crippen molar-refractivity contribution in [3.8, 4) is 5.75 Å². The summed E-state index contributed by atoms with van der Waals surface area (Å²) in [6.07, 6.45) is 2.37. The van der Waals surface area contributed by atoms with Crippen LogP contribution in [-0.4, -0.2) is 13.2 Å². The predicted octanol–water partition coefficient (Wildman–Crippen LogP) is 3.51. The van der Waals surface area contributed by atoms with E-state index < -0.39 is 0 Å². The monoisotopic (exact) mass is 247 g/mol. The Kier molecular flexibility index (Phi) is 3.41. The molecule has 0 radical (unpaired) electrons. The standard InChI is InChI=1S/C16H25NO/c1-10(2)13-7-6-11(3)15(18-5)14(13)16(8-9-16)12(4)17/h6-7,10,12H,8-9,17H2,1-5H3. The van der Waals surface area contributed by atoms with Gasteiger partial charge in [0.2, 0.25) is 0 Å². The fraction of sp³-hybridized carbons (Fsp3) is 0.625. The average molecular weight is 247 g/mol. The van der Waals surface area contributed by atoms with Crippen LogP contribution in [0, 0.1) is 6.92 Å². The highest BCUT2D eigenvalue weighted by atomic mass is 16.5. The molecule has 2 nitrogen and oxygen atoms in total. The van der Waals surface area contributed by atoms with Crippen LogP contribution in [0.25, 0.3) is 0 Å². The highest BCUT2D eigenvalue weighted by molar-refractivity contribution is 5.54. The fourth-order valence-corrected chi connectivity index (χ4v) is 3.03. The average Bonchev–Trinajstić information content (AvgIpc) is 3.09. The number of methoxy groups -OCH3 is 1. The van der Waals surface area contributed by atoms with E-state index in [2.05, 4.69) is 39.8 Å². The van der Waals surface area contributed by atoms with Crippen molar-refractivity contribution in [2.24, 2.45) is 5.73 Å². The van der Waals surface area contributed by atoms with Crippen LogP contribution >= 0.6 is 0 Å². The molecule has 0 aromatic heterocycles. The van der Waals surface area contributed by atoms with Gasteiger partial charge in [-0.2, -0.15) is 0 Å². The molecule has 0 spiro atoms. The molecule has 1 atom stereocenters. The molecule has 0 saturated heterocycles. The van der Waals surface area contributed by atoms with Crippen molar-refractivity contribution in [3.05, 3.63) is 28.8 Å². The third-order valence-corrected chi connectivity index (χ3v) is 4.37. The van der Waals surface area contributed by atoms with Gasteiger partial charge in [0.25, 0.3) is 0 Å². The van der Waals surface area contributed by atoms with Crippen molar-refractivity contribution in [2.45, 2.75) is 57.9 Å². The summed E-state index contributed by atoms with van der Waals surface area (Å²) in [6.45, 7) is 8.72. The summed E-state index contributed by atoms with van der Waals surface area (Å²) in [5.41, 5.74) is 10.4. The lowest BCUT2D eigenvalue weighted by atomic mass is 9.81. The van der Waals surface area contributed by atoms with E-state index >= 15 is 0 Å². The number of aryl methyl sites for hydroxylation is 1. The van der Waals surface area contributed by atoms with E-state index in [1.54, 1.807) is 7.11 Å². The lowest BCUT2D eigenvalue weighted by molar-refractivity contribution is 0.393. The first-order valence-electron chi connectivity index (χ1n) is 6.87. The second-order valence-electron chi connectivity index (χ2n) is 5.98. The maximum absolute atomic E-state index is 6.25. The SMILES string of the molecule is COc1c(C)ccc(C(C)C)c1C1(C(C)N)CC1. The summed E-state index contributed by atoms with van der Waals surface area (Å²) in [5, 5.41) is 0. The molecule has 0 aliphatic heterocycles. The van der Waals surface area contributed by atoms with E-state index in [4.69, 9.17) is 10.5 Å². The summed E-state index contributed by atoms with van der Waals surface area (Å²) in [4.78, 5) is 0. The zero-order valence-electron chi connectivity index (χ0n) is 12.2. The molecule has 1 aromatic rings. The van der Waals surface area contributed by atoms with Gasteiger partial charge < -0.3 is 10.5 Å². The fourth-order valence-electron chi connectivity index (χ4n) is 3.03. The Bertz CT molecular complexity index is 445. The Morgan fingerprint density at radius 3 is 2.22 bits per heavy atom. The summed E-state index contributed by atoms with van der Waals surface area (Å²) in [7, 11) is 1.77. The van der Waals surface area contributed by atoms with Gasteiger partial charge in [-0.25, -0.2) is 0 Å². The van der Waals surface area contributed by atoms with Crippen molar-refractivity contribution in [2.75, 3.05) is 7.11 Å². The van der Waals surface area contributed by atoms with Crippen molar-refractivity contribution in [1.29, 1.82) is 0 Å². The molecule has 0 heterocycles. The van der Waals surface area contributed by atoms with Gasteiger partial charge in [-0.1, -0.05) is 26.0 Å². The number of rotatable bonds is 4. The summed E-state index contributed by atoms with van der Waals surface area (Å²) < 4.78 is 5.69. The van der Waals surface area contributed by atoms with Crippen molar-refractivity contribution < 1.29 is 4.74 Å². The first-order chi connectivity index (χ1) is 8.44. The quantitative estimate of drug-likeness (QED) is 0.883. The molecule has 2 heteroatoms. The highest BCUT2D eigenvalue weighted by Gasteiger charge is 2.50. The Hall–Kier alpha value is -1.02. The van der Waals surface area contributed by atoms with Crippen LogP contribution < -0.4 is 10.5 Å². The molecule has 18 heavy (non-hydrogen) atoms. The van der Waals surface area contributed by atoms with E-state index in [-0.39, 0.29) is 11.5 Å². The number of hydrogen-bond acceptors (Lipinski definition) is 2. The molecule has 0 bridgehead atoms. The zero-order valence-corrected chi connectivity index (χ0v) is 12.2. The van der Waals surface area contributed by atoms with Gasteiger partial charge in [-0.15, -0.1) is 0 Å². The van der Waals surface area contributed by atoms with Crippen molar-refractivity contribution >= 4 is 0 Å². The molecular weight excluding hydrogens is 222 g/mol. The Morgan fingerprint density at radius 1 is 1.22 bits per heavy atom. The summed E-state index contributed by atoms with van der Waals surface area (Å²) in [5.74, 6) is 1.56. The minimum Gasteiger partial charge on any atom is -0.496 e. The topological polar surface area (TPSA) is 35.2 Å². The van der Waals surface area contributed by atoms with Gasteiger partial charge in [-0.3, -0.25) is 0 Å². The van der Waals surface area contributed by atoms with Gasteiger partial charge in [0, 0.05) is 17.0 Å². The maximum atomic E-state index is 6.25. The van der Waals surface area contributed by atoms with E-state index in [1.807, 2.05) is 0 Å². The van der Waals surface area contributed by atoms with Gasteiger partial charge in [0.1, 0.15) is 5.75 Å². The van der Waals surface area contributed by atoms with Gasteiger partial charge >= 0.3 is 0 Å². The van der Waals surface area contributed by atoms with Crippen molar-refractivity contribution in [1.82, 2.24) is 0 Å². The number of ether oxygens (including phenoxy) is 1. The molecule has 2 rings (SSSR count). The molecule has 2 N–H and O–H groups in total. The van der Waals surface area contributed by atoms with Crippen molar-refractivity contribution in [3.63, 3.8) is 0 Å². The lowest BCUT2D eigenvalue weighted by Crippen LogP contribution is -2.33. The predicted molar refractivity (Wildman–Crippen MR) is 76.4 cm³/mol. The van der Waals surface area contributed by atoms with Crippen LogP contribution in [0.1, 0.15) is 56.2 Å². The number of benzene rings is 1. The van der Waals surface area contributed by atoms with Gasteiger partial charge in [-0.05, 0) is 43.7 Å². The van der Waals surface area contributed by atoms with Gasteiger partial charge in [0.05, 0.1) is 7.11 Å². The third kappa shape index (κ3) is 1.93. The molecule has 1 aliphatic carbocycles. The van der Waals surface area contributed by atoms with E-state index in [9.17, 15) is 0 Å². The second kappa shape index (κ2) is 4.58. The zero-order chi connectivity index (χ0) is 13.5. The van der Waals surface area contributed by atoms with Crippen LogP contribution in [0.5, 0.6) is 5.75 Å². The summed E-state index contributed by atoms with van der Waals surface area (Å²) in [6, 6.07) is 4.60. The highest BCUT2D eigenvalue weighted by Crippen LogP contribution is 2.55. The van der Waals surface area contributed by atoms with E-state index in [0.717, 1.165) is 5.75 Å². The minimum absolute atomic E-state index is 0.150. The van der Waals surface area contributed by atoms with Crippen LogP contribution in [0.4, 0.5) is 0 Å². The molecule has 1 fully saturated rings. The first kappa shape index (κ1) is 13.4. The summed E-state index contributed by atoms with van der Waals surface area (Å²) >= 11 is 0. The first-order valence-corrected chi connectivity index (χ1v) is 6.87. The van der Waals surface area contributed by atoms with Crippen LogP contribution in [-0.2, 0) is 5.41 Å². The number of hydrogen-bond donors (Lipinski definition) is 1. The van der Waals surface area contributed by atoms with Crippen LogP contribution in [0.3, 0.4) is 0 Å².